The van der Waals surface area contributed by atoms with E-state index in [1.165, 1.54) is 6.42 Å². The zero-order chi connectivity index (χ0) is 13.9. The minimum absolute atomic E-state index is 0.174. The summed E-state index contributed by atoms with van der Waals surface area (Å²) in [4.78, 5) is 0. The Balaban J connectivity index is 1.99. The van der Waals surface area contributed by atoms with Crippen molar-refractivity contribution in [2.24, 2.45) is 11.8 Å². The van der Waals surface area contributed by atoms with Gasteiger partial charge in [0, 0.05) is 18.7 Å². The molecular formula is C12H22N4O2S. The van der Waals surface area contributed by atoms with E-state index in [2.05, 4.69) is 27.2 Å². The summed E-state index contributed by atoms with van der Waals surface area (Å²) in [5.41, 5.74) is 0.662. The molecule has 1 saturated carbocycles. The number of hydrogen-bond donors (Lipinski definition) is 3. The van der Waals surface area contributed by atoms with Crippen LogP contribution in [0.3, 0.4) is 0 Å². The monoisotopic (exact) mass is 286 g/mol. The van der Waals surface area contributed by atoms with Gasteiger partial charge in [0.15, 0.2) is 5.03 Å². The van der Waals surface area contributed by atoms with Crippen molar-refractivity contribution in [1.82, 2.24) is 20.2 Å². The molecule has 0 amide bonds. The fourth-order valence-corrected chi connectivity index (χ4v) is 3.90. The number of nitrogens with zero attached hydrogens (tertiary/aromatic N) is 1. The molecule has 0 aliphatic heterocycles. The predicted molar refractivity (Wildman–Crippen MR) is 73.0 cm³/mol. The van der Waals surface area contributed by atoms with E-state index in [0.29, 0.717) is 30.5 Å². The quantitative estimate of drug-likeness (QED) is 0.723. The number of hydrogen-bond acceptors (Lipinski definition) is 4. The summed E-state index contributed by atoms with van der Waals surface area (Å²) in [5.74, 6) is 1.17. The van der Waals surface area contributed by atoms with Crippen LogP contribution < -0.4 is 10.0 Å². The zero-order valence-corrected chi connectivity index (χ0v) is 12.3. The topological polar surface area (TPSA) is 86.9 Å². The smallest absolute Gasteiger partial charge is 0.257 e. The van der Waals surface area contributed by atoms with Gasteiger partial charge >= 0.3 is 0 Å². The molecule has 7 heteroatoms. The summed E-state index contributed by atoms with van der Waals surface area (Å²) in [5, 5.41) is 9.50. The second-order valence-corrected chi connectivity index (χ2v) is 7.09. The number of rotatable bonds is 6. The number of aromatic amines is 1. The van der Waals surface area contributed by atoms with Gasteiger partial charge in [-0.2, -0.15) is 5.10 Å². The predicted octanol–water partition coefficient (Wildman–Crippen LogP) is 0.844. The minimum Gasteiger partial charge on any atom is -0.316 e. The van der Waals surface area contributed by atoms with Crippen LogP contribution in [0.1, 0.15) is 31.7 Å². The Kier molecular flexibility index (Phi) is 4.59. The van der Waals surface area contributed by atoms with E-state index in [9.17, 15) is 8.42 Å². The molecule has 1 aromatic rings. The highest BCUT2D eigenvalue weighted by Gasteiger charge is 2.25. The molecule has 0 aromatic carbocycles. The fourth-order valence-electron chi connectivity index (χ4n) is 2.66. The van der Waals surface area contributed by atoms with Crippen molar-refractivity contribution in [1.29, 1.82) is 0 Å². The van der Waals surface area contributed by atoms with Crippen molar-refractivity contribution in [2.45, 2.75) is 37.8 Å². The van der Waals surface area contributed by atoms with Crippen molar-refractivity contribution in [3.63, 3.8) is 0 Å². The average Bonchev–Trinajstić information content (AvgIpc) is 2.97. The van der Waals surface area contributed by atoms with Crippen molar-refractivity contribution in [3.8, 4) is 0 Å². The van der Waals surface area contributed by atoms with Gasteiger partial charge in [0.1, 0.15) is 0 Å². The largest absolute Gasteiger partial charge is 0.316 e. The van der Waals surface area contributed by atoms with Gasteiger partial charge in [-0.15, -0.1) is 0 Å². The molecule has 1 aliphatic carbocycles. The Morgan fingerprint density at radius 2 is 2.26 bits per heavy atom. The van der Waals surface area contributed by atoms with Crippen LogP contribution in [0, 0.1) is 11.8 Å². The highest BCUT2D eigenvalue weighted by molar-refractivity contribution is 7.89. The van der Waals surface area contributed by atoms with Crippen molar-refractivity contribution in [3.05, 3.63) is 11.8 Å². The fraction of sp³-hybridized carbons (Fsp3) is 0.750. The molecule has 0 spiro atoms. The molecule has 0 radical (unpaired) electrons. The first-order valence-electron chi connectivity index (χ1n) is 6.69. The summed E-state index contributed by atoms with van der Waals surface area (Å²) in [6.07, 6.45) is 4.95. The van der Waals surface area contributed by atoms with Crippen LogP contribution in [0.15, 0.2) is 11.2 Å². The summed E-state index contributed by atoms with van der Waals surface area (Å²) in [7, 11) is -1.71. The normalized spacial score (nSPS) is 23.9. The zero-order valence-electron chi connectivity index (χ0n) is 11.4. The van der Waals surface area contributed by atoms with E-state index in [1.807, 2.05) is 0 Å². The molecule has 3 N–H and O–H groups in total. The lowest BCUT2D eigenvalue weighted by atomic mass is 10.1. The van der Waals surface area contributed by atoms with Gasteiger partial charge in [0.2, 0.25) is 0 Å². The van der Waals surface area contributed by atoms with Crippen molar-refractivity contribution < 1.29 is 8.42 Å². The first-order chi connectivity index (χ1) is 9.03. The van der Waals surface area contributed by atoms with Gasteiger partial charge < -0.3 is 5.32 Å². The van der Waals surface area contributed by atoms with Gasteiger partial charge in [-0.05, 0) is 31.7 Å². The molecular weight excluding hydrogens is 264 g/mol. The number of nitrogens with one attached hydrogen (secondary N) is 3. The Labute approximate surface area is 114 Å². The molecule has 0 bridgehead atoms. The number of aromatic nitrogens is 2. The van der Waals surface area contributed by atoms with Gasteiger partial charge in [-0.3, -0.25) is 5.10 Å². The van der Waals surface area contributed by atoms with Gasteiger partial charge in [0.25, 0.3) is 10.0 Å². The lowest BCUT2D eigenvalue weighted by Gasteiger charge is -2.11. The van der Waals surface area contributed by atoms with E-state index in [1.54, 1.807) is 13.2 Å². The van der Waals surface area contributed by atoms with Gasteiger partial charge in [0.05, 0.1) is 6.20 Å². The number of H-pyrrole nitrogens is 1. The summed E-state index contributed by atoms with van der Waals surface area (Å²) in [6, 6.07) is 0. The van der Waals surface area contributed by atoms with Gasteiger partial charge in [-0.25, -0.2) is 13.1 Å². The summed E-state index contributed by atoms with van der Waals surface area (Å²) in [6.45, 7) is 3.21. The molecule has 108 valence electrons. The van der Waals surface area contributed by atoms with Gasteiger partial charge in [-0.1, -0.05) is 13.3 Å². The third-order valence-electron chi connectivity index (χ3n) is 3.68. The summed E-state index contributed by atoms with van der Waals surface area (Å²) < 4.78 is 27.1. The molecule has 1 fully saturated rings. The Morgan fingerprint density at radius 1 is 1.47 bits per heavy atom. The SMILES string of the molecule is CNCc1cn[nH]c1S(=O)(=O)NCC1CCC(C)C1. The molecule has 1 aromatic heterocycles. The second kappa shape index (κ2) is 6.02. The maximum absolute atomic E-state index is 12.2. The second-order valence-electron chi connectivity index (χ2n) is 5.39. The van der Waals surface area contributed by atoms with Crippen LogP contribution in [-0.4, -0.2) is 32.2 Å². The first kappa shape index (κ1) is 14.5. The average molecular weight is 286 g/mol. The molecule has 0 saturated heterocycles. The van der Waals surface area contributed by atoms with E-state index in [4.69, 9.17) is 0 Å². The third-order valence-corrected chi connectivity index (χ3v) is 5.12. The van der Waals surface area contributed by atoms with Crippen LogP contribution in [0.2, 0.25) is 0 Å². The Bertz CT molecular complexity index is 512. The number of sulfonamides is 1. The Hall–Kier alpha value is -0.920. The highest BCUT2D eigenvalue weighted by atomic mass is 32.2. The van der Waals surface area contributed by atoms with E-state index in [-0.39, 0.29) is 5.03 Å². The molecule has 2 unspecified atom stereocenters. The molecule has 2 rings (SSSR count). The molecule has 2 atom stereocenters. The Morgan fingerprint density at radius 3 is 2.89 bits per heavy atom. The lowest BCUT2D eigenvalue weighted by Crippen LogP contribution is -2.30. The maximum atomic E-state index is 12.2. The highest BCUT2D eigenvalue weighted by Crippen LogP contribution is 2.29. The van der Waals surface area contributed by atoms with Crippen LogP contribution >= 0.6 is 0 Å². The van der Waals surface area contributed by atoms with Crippen LogP contribution in [-0.2, 0) is 16.6 Å². The first-order valence-corrected chi connectivity index (χ1v) is 8.17. The molecule has 1 aliphatic rings. The minimum atomic E-state index is -3.48. The van der Waals surface area contributed by atoms with E-state index in [0.717, 1.165) is 12.8 Å². The maximum Gasteiger partial charge on any atom is 0.257 e. The third kappa shape index (κ3) is 3.55. The van der Waals surface area contributed by atoms with E-state index < -0.39 is 10.0 Å². The molecule has 19 heavy (non-hydrogen) atoms. The molecule has 6 nitrogen and oxygen atoms in total. The van der Waals surface area contributed by atoms with Crippen LogP contribution in [0.4, 0.5) is 0 Å². The standard InChI is InChI=1S/C12H22N4O2S/c1-9-3-4-10(5-9)6-15-19(17,18)12-11(7-13-2)8-14-16-12/h8-10,13,15H,3-7H2,1-2H3,(H,14,16). The molecule has 1 heterocycles. The van der Waals surface area contributed by atoms with Crippen LogP contribution in [0.25, 0.3) is 0 Å². The van der Waals surface area contributed by atoms with E-state index >= 15 is 0 Å². The van der Waals surface area contributed by atoms with Crippen LogP contribution in [0.5, 0.6) is 0 Å². The van der Waals surface area contributed by atoms with Crippen molar-refractivity contribution in [2.75, 3.05) is 13.6 Å². The summed E-state index contributed by atoms with van der Waals surface area (Å²) >= 11 is 0. The lowest BCUT2D eigenvalue weighted by molar-refractivity contribution is 0.497. The van der Waals surface area contributed by atoms with Crippen molar-refractivity contribution >= 4 is 10.0 Å².